The van der Waals surface area contributed by atoms with Crippen molar-refractivity contribution >= 4 is 6.03 Å². The van der Waals surface area contributed by atoms with Crippen LogP contribution in [0, 0.1) is 6.92 Å². The molecule has 0 saturated carbocycles. The van der Waals surface area contributed by atoms with Gasteiger partial charge in [0.15, 0.2) is 0 Å². The third-order valence-electron chi connectivity index (χ3n) is 3.68. The second-order valence-electron chi connectivity index (χ2n) is 5.47. The smallest absolute Gasteiger partial charge is 0.315 e. The van der Waals surface area contributed by atoms with E-state index in [1.165, 1.54) is 0 Å². The van der Waals surface area contributed by atoms with Crippen molar-refractivity contribution in [2.75, 3.05) is 14.2 Å². The van der Waals surface area contributed by atoms with Gasteiger partial charge in [-0.1, -0.05) is 23.8 Å². The van der Waals surface area contributed by atoms with Gasteiger partial charge < -0.3 is 20.1 Å². The predicted molar refractivity (Wildman–Crippen MR) is 92.3 cm³/mol. The van der Waals surface area contributed by atoms with Gasteiger partial charge in [0.2, 0.25) is 5.88 Å². The van der Waals surface area contributed by atoms with Gasteiger partial charge in [0, 0.05) is 23.9 Å². The molecule has 0 bridgehead atoms. The van der Waals surface area contributed by atoms with Gasteiger partial charge in [0.1, 0.15) is 5.75 Å². The molecule has 0 spiro atoms. The highest BCUT2D eigenvalue weighted by molar-refractivity contribution is 5.74. The Bertz CT molecular complexity index is 704. The van der Waals surface area contributed by atoms with E-state index in [1.807, 2.05) is 38.1 Å². The third kappa shape index (κ3) is 4.38. The second kappa shape index (κ2) is 8.19. The summed E-state index contributed by atoms with van der Waals surface area (Å²) in [6.07, 6.45) is 1.65. The van der Waals surface area contributed by atoms with Gasteiger partial charge in [-0.2, -0.15) is 0 Å². The van der Waals surface area contributed by atoms with Crippen molar-refractivity contribution in [3.63, 3.8) is 0 Å². The van der Waals surface area contributed by atoms with Crippen LogP contribution in [0.3, 0.4) is 0 Å². The van der Waals surface area contributed by atoms with Gasteiger partial charge in [0.05, 0.1) is 20.3 Å². The van der Waals surface area contributed by atoms with Crippen LogP contribution in [0.5, 0.6) is 11.6 Å². The SMILES string of the molecule is COc1ccc(C)cc1[C@@H](C)NC(=O)NCc1cccnc1OC. The van der Waals surface area contributed by atoms with E-state index in [2.05, 4.69) is 15.6 Å². The summed E-state index contributed by atoms with van der Waals surface area (Å²) in [5.41, 5.74) is 2.86. The monoisotopic (exact) mass is 329 g/mol. The van der Waals surface area contributed by atoms with Gasteiger partial charge in [-0.05, 0) is 26.0 Å². The van der Waals surface area contributed by atoms with E-state index in [1.54, 1.807) is 26.5 Å². The zero-order valence-corrected chi connectivity index (χ0v) is 14.4. The number of rotatable bonds is 6. The van der Waals surface area contributed by atoms with Crippen LogP contribution < -0.4 is 20.1 Å². The average Bonchev–Trinajstić information content (AvgIpc) is 2.60. The van der Waals surface area contributed by atoms with E-state index in [0.717, 1.165) is 22.4 Å². The molecule has 0 unspecified atom stereocenters. The van der Waals surface area contributed by atoms with Crippen molar-refractivity contribution in [3.8, 4) is 11.6 Å². The van der Waals surface area contributed by atoms with E-state index in [4.69, 9.17) is 9.47 Å². The lowest BCUT2D eigenvalue weighted by Crippen LogP contribution is -2.36. The fraction of sp³-hybridized carbons (Fsp3) is 0.333. The zero-order valence-electron chi connectivity index (χ0n) is 14.4. The van der Waals surface area contributed by atoms with Crippen molar-refractivity contribution in [1.29, 1.82) is 0 Å². The highest BCUT2D eigenvalue weighted by Gasteiger charge is 2.14. The van der Waals surface area contributed by atoms with E-state index in [9.17, 15) is 4.79 Å². The number of amides is 2. The van der Waals surface area contributed by atoms with Crippen LogP contribution in [0.25, 0.3) is 0 Å². The Morgan fingerprint density at radius 3 is 2.75 bits per heavy atom. The number of nitrogens with zero attached hydrogens (tertiary/aromatic N) is 1. The number of pyridine rings is 1. The predicted octanol–water partition coefficient (Wildman–Crippen LogP) is 2.97. The Morgan fingerprint density at radius 1 is 1.25 bits per heavy atom. The quantitative estimate of drug-likeness (QED) is 0.854. The Balaban J connectivity index is 1.98. The number of hydrogen-bond donors (Lipinski definition) is 2. The number of hydrogen-bond acceptors (Lipinski definition) is 4. The third-order valence-corrected chi connectivity index (χ3v) is 3.68. The van der Waals surface area contributed by atoms with Gasteiger partial charge >= 0.3 is 6.03 Å². The van der Waals surface area contributed by atoms with Crippen molar-refractivity contribution < 1.29 is 14.3 Å². The molecule has 1 aromatic heterocycles. The molecule has 0 fully saturated rings. The molecule has 0 aliphatic rings. The minimum absolute atomic E-state index is 0.185. The summed E-state index contributed by atoms with van der Waals surface area (Å²) in [4.78, 5) is 16.3. The fourth-order valence-electron chi connectivity index (χ4n) is 2.44. The van der Waals surface area contributed by atoms with E-state index in [-0.39, 0.29) is 12.1 Å². The molecule has 128 valence electrons. The summed E-state index contributed by atoms with van der Waals surface area (Å²) in [5.74, 6) is 1.26. The summed E-state index contributed by atoms with van der Waals surface area (Å²) >= 11 is 0. The summed E-state index contributed by atoms with van der Waals surface area (Å²) in [7, 11) is 3.17. The van der Waals surface area contributed by atoms with Crippen molar-refractivity contribution in [2.45, 2.75) is 26.4 Å². The Hall–Kier alpha value is -2.76. The van der Waals surface area contributed by atoms with Gasteiger partial charge in [-0.25, -0.2) is 9.78 Å². The minimum atomic E-state index is -0.267. The van der Waals surface area contributed by atoms with Gasteiger partial charge in [-0.3, -0.25) is 0 Å². The first-order valence-corrected chi connectivity index (χ1v) is 7.72. The van der Waals surface area contributed by atoms with Crippen LogP contribution in [-0.4, -0.2) is 25.2 Å². The topological polar surface area (TPSA) is 72.5 Å². The molecular weight excluding hydrogens is 306 g/mol. The van der Waals surface area contributed by atoms with Crippen LogP contribution >= 0.6 is 0 Å². The Kier molecular flexibility index (Phi) is 6.01. The number of urea groups is 1. The normalized spacial score (nSPS) is 11.5. The van der Waals surface area contributed by atoms with Gasteiger partial charge in [0.25, 0.3) is 0 Å². The number of ether oxygens (including phenoxy) is 2. The van der Waals surface area contributed by atoms with Gasteiger partial charge in [-0.15, -0.1) is 0 Å². The number of aryl methyl sites for hydroxylation is 1. The maximum atomic E-state index is 12.2. The number of carbonyl (C=O) groups excluding carboxylic acids is 1. The molecule has 2 amide bonds. The molecular formula is C18H23N3O3. The summed E-state index contributed by atoms with van der Waals surface area (Å²) in [6.45, 7) is 4.26. The summed E-state index contributed by atoms with van der Waals surface area (Å²) < 4.78 is 10.5. The molecule has 6 heteroatoms. The van der Waals surface area contributed by atoms with Crippen LogP contribution in [0.4, 0.5) is 4.79 Å². The highest BCUT2D eigenvalue weighted by atomic mass is 16.5. The number of aromatic nitrogens is 1. The lowest BCUT2D eigenvalue weighted by atomic mass is 10.0. The van der Waals surface area contributed by atoms with Crippen LogP contribution in [0.2, 0.25) is 0 Å². The van der Waals surface area contributed by atoms with E-state index >= 15 is 0 Å². The van der Waals surface area contributed by atoms with Crippen LogP contribution in [0.15, 0.2) is 36.5 Å². The van der Waals surface area contributed by atoms with Crippen LogP contribution in [-0.2, 0) is 6.54 Å². The Morgan fingerprint density at radius 2 is 2.04 bits per heavy atom. The minimum Gasteiger partial charge on any atom is -0.496 e. The molecule has 2 N–H and O–H groups in total. The maximum Gasteiger partial charge on any atom is 0.315 e. The lowest BCUT2D eigenvalue weighted by molar-refractivity contribution is 0.237. The zero-order chi connectivity index (χ0) is 17.5. The summed E-state index contributed by atoms with van der Waals surface area (Å²) in [6, 6.07) is 9.10. The maximum absolute atomic E-state index is 12.2. The molecule has 1 atom stereocenters. The van der Waals surface area contributed by atoms with E-state index < -0.39 is 0 Å². The first-order valence-electron chi connectivity index (χ1n) is 7.72. The largest absolute Gasteiger partial charge is 0.496 e. The van der Waals surface area contributed by atoms with Crippen LogP contribution in [0.1, 0.15) is 29.7 Å². The first-order chi connectivity index (χ1) is 11.5. The highest BCUT2D eigenvalue weighted by Crippen LogP contribution is 2.26. The molecule has 2 rings (SSSR count). The van der Waals surface area contributed by atoms with Crippen molar-refractivity contribution in [1.82, 2.24) is 15.6 Å². The molecule has 1 heterocycles. The molecule has 0 saturated heterocycles. The molecule has 2 aromatic rings. The number of methoxy groups -OCH3 is 2. The molecule has 6 nitrogen and oxygen atoms in total. The van der Waals surface area contributed by atoms with Crippen molar-refractivity contribution in [3.05, 3.63) is 53.2 Å². The fourth-order valence-corrected chi connectivity index (χ4v) is 2.44. The molecule has 0 aliphatic heterocycles. The number of benzene rings is 1. The Labute approximate surface area is 142 Å². The average molecular weight is 329 g/mol. The second-order valence-corrected chi connectivity index (χ2v) is 5.47. The van der Waals surface area contributed by atoms with E-state index in [0.29, 0.717) is 12.4 Å². The molecule has 24 heavy (non-hydrogen) atoms. The first kappa shape index (κ1) is 17.6. The molecule has 1 aromatic carbocycles. The number of carbonyl (C=O) groups is 1. The summed E-state index contributed by atoms with van der Waals surface area (Å²) in [5, 5.41) is 5.73. The standard InChI is InChI=1S/C18H23N3O3/c1-12-7-8-16(23-3)15(10-12)13(2)21-18(22)20-11-14-6-5-9-19-17(14)24-4/h5-10,13H,11H2,1-4H3,(H2,20,21,22)/t13-/m1/s1. The lowest BCUT2D eigenvalue weighted by Gasteiger charge is -2.18. The molecule has 0 radical (unpaired) electrons. The number of nitrogens with one attached hydrogen (secondary N) is 2. The van der Waals surface area contributed by atoms with Crippen molar-refractivity contribution in [2.24, 2.45) is 0 Å². The molecule has 0 aliphatic carbocycles.